The predicted octanol–water partition coefficient (Wildman–Crippen LogP) is 2.54. The first kappa shape index (κ1) is 18.5. The molecule has 0 radical (unpaired) electrons. The lowest BCUT2D eigenvalue weighted by atomic mass is 9.97. The molecule has 2 heterocycles. The summed E-state index contributed by atoms with van der Waals surface area (Å²) >= 11 is 0. The number of nitrogens with one attached hydrogen (secondary N) is 2. The fourth-order valence-electron chi connectivity index (χ4n) is 2.89. The van der Waals surface area contributed by atoms with Crippen molar-refractivity contribution in [1.82, 2.24) is 15.6 Å². The van der Waals surface area contributed by atoms with Crippen LogP contribution in [-0.2, 0) is 4.79 Å². The third-order valence-corrected chi connectivity index (χ3v) is 4.18. The van der Waals surface area contributed by atoms with Crippen LogP contribution in [0.1, 0.15) is 19.3 Å². The molecule has 6 heteroatoms. The number of fused-ring (bicyclic) bond motifs is 1. The number of hydrogen-bond acceptors (Lipinski definition) is 4. The van der Waals surface area contributed by atoms with Crippen LogP contribution in [0.25, 0.3) is 10.9 Å². The maximum absolute atomic E-state index is 12.0. The molecule has 3 rings (SSSR count). The van der Waals surface area contributed by atoms with Gasteiger partial charge in [-0.3, -0.25) is 9.78 Å². The molecule has 130 valence electrons. The highest BCUT2D eigenvalue weighted by atomic mass is 35.5. The average molecular weight is 350 g/mol. The van der Waals surface area contributed by atoms with Crippen LogP contribution in [0.5, 0.6) is 5.75 Å². The molecule has 1 amide bonds. The largest absolute Gasteiger partial charge is 0.491 e. The first-order valence-electron chi connectivity index (χ1n) is 8.29. The van der Waals surface area contributed by atoms with Crippen LogP contribution in [0, 0.1) is 5.92 Å². The Labute approximate surface area is 148 Å². The third-order valence-electron chi connectivity index (χ3n) is 4.18. The molecule has 2 N–H and O–H groups in total. The highest BCUT2D eigenvalue weighted by molar-refractivity contribution is 5.85. The lowest BCUT2D eigenvalue weighted by Crippen LogP contribution is -2.38. The number of rotatable bonds is 6. The summed E-state index contributed by atoms with van der Waals surface area (Å²) in [6.07, 6.45) is 4.43. The summed E-state index contributed by atoms with van der Waals surface area (Å²) in [5.41, 5.74) is 0.883. The van der Waals surface area contributed by atoms with Crippen molar-refractivity contribution in [2.24, 2.45) is 5.92 Å². The van der Waals surface area contributed by atoms with Gasteiger partial charge >= 0.3 is 0 Å². The first-order valence-corrected chi connectivity index (χ1v) is 8.29. The SMILES string of the molecule is Cl.O=C(NCCCOc1cccc2cccnc12)C1CCNCC1. The summed E-state index contributed by atoms with van der Waals surface area (Å²) in [6.45, 7) is 3.10. The average Bonchev–Trinajstić information content (AvgIpc) is 2.62. The molecule has 1 aromatic heterocycles. The van der Waals surface area contributed by atoms with Crippen molar-refractivity contribution in [1.29, 1.82) is 0 Å². The van der Waals surface area contributed by atoms with Crippen molar-refractivity contribution < 1.29 is 9.53 Å². The minimum atomic E-state index is 0. The van der Waals surface area contributed by atoms with Crippen molar-refractivity contribution in [2.75, 3.05) is 26.2 Å². The Kier molecular flexibility index (Phi) is 7.28. The Morgan fingerprint density at radius 3 is 2.88 bits per heavy atom. The molecular weight excluding hydrogens is 326 g/mol. The lowest BCUT2D eigenvalue weighted by Gasteiger charge is -2.21. The summed E-state index contributed by atoms with van der Waals surface area (Å²) < 4.78 is 5.82. The highest BCUT2D eigenvalue weighted by Crippen LogP contribution is 2.22. The van der Waals surface area contributed by atoms with Gasteiger partial charge in [0.2, 0.25) is 5.91 Å². The van der Waals surface area contributed by atoms with E-state index in [2.05, 4.69) is 15.6 Å². The molecule has 24 heavy (non-hydrogen) atoms. The predicted molar refractivity (Wildman–Crippen MR) is 97.7 cm³/mol. The van der Waals surface area contributed by atoms with Gasteiger partial charge in [-0.1, -0.05) is 18.2 Å². The molecule has 1 fully saturated rings. The van der Waals surface area contributed by atoms with E-state index in [0.717, 1.165) is 49.0 Å². The number of benzene rings is 1. The number of para-hydroxylation sites is 1. The number of aromatic nitrogens is 1. The van der Waals surface area contributed by atoms with Gasteiger partial charge < -0.3 is 15.4 Å². The number of halogens is 1. The standard InChI is InChI=1S/C18H23N3O2.ClH/c22-18(15-7-11-19-12-8-15)21-10-3-13-23-16-6-1-4-14-5-2-9-20-17(14)16;/h1-2,4-6,9,15,19H,3,7-8,10-13H2,(H,21,22);1H. The Morgan fingerprint density at radius 1 is 1.25 bits per heavy atom. The Balaban J connectivity index is 0.00000208. The second-order valence-corrected chi connectivity index (χ2v) is 5.85. The van der Waals surface area contributed by atoms with E-state index in [1.807, 2.05) is 30.3 Å². The van der Waals surface area contributed by atoms with Gasteiger partial charge in [0.15, 0.2) is 0 Å². The molecule has 1 aliphatic heterocycles. The Hall–Kier alpha value is -1.85. The summed E-state index contributed by atoms with van der Waals surface area (Å²) in [4.78, 5) is 16.4. The van der Waals surface area contributed by atoms with E-state index in [0.29, 0.717) is 13.2 Å². The lowest BCUT2D eigenvalue weighted by molar-refractivity contribution is -0.125. The number of ether oxygens (including phenoxy) is 1. The summed E-state index contributed by atoms with van der Waals surface area (Å²) in [5, 5.41) is 7.36. The van der Waals surface area contributed by atoms with E-state index >= 15 is 0 Å². The number of piperidine rings is 1. The molecule has 0 spiro atoms. The van der Waals surface area contributed by atoms with E-state index in [-0.39, 0.29) is 24.2 Å². The normalized spacial score (nSPS) is 14.8. The molecule has 0 saturated carbocycles. The summed E-state index contributed by atoms with van der Waals surface area (Å²) in [6, 6.07) is 9.87. The molecule has 2 aromatic rings. The van der Waals surface area contributed by atoms with E-state index in [1.54, 1.807) is 6.20 Å². The fourth-order valence-corrected chi connectivity index (χ4v) is 2.89. The van der Waals surface area contributed by atoms with Crippen molar-refractivity contribution >= 4 is 29.2 Å². The van der Waals surface area contributed by atoms with Gasteiger partial charge in [-0.25, -0.2) is 0 Å². The van der Waals surface area contributed by atoms with E-state index in [1.165, 1.54) is 0 Å². The highest BCUT2D eigenvalue weighted by Gasteiger charge is 2.20. The minimum Gasteiger partial charge on any atom is -0.491 e. The van der Waals surface area contributed by atoms with Crippen LogP contribution >= 0.6 is 12.4 Å². The van der Waals surface area contributed by atoms with Gasteiger partial charge in [0.1, 0.15) is 11.3 Å². The van der Waals surface area contributed by atoms with Crippen molar-refractivity contribution in [3.63, 3.8) is 0 Å². The maximum Gasteiger partial charge on any atom is 0.223 e. The van der Waals surface area contributed by atoms with Gasteiger partial charge in [-0.2, -0.15) is 0 Å². The monoisotopic (exact) mass is 349 g/mol. The zero-order valence-corrected chi connectivity index (χ0v) is 14.5. The summed E-state index contributed by atoms with van der Waals surface area (Å²) in [7, 11) is 0. The van der Waals surface area contributed by atoms with Crippen LogP contribution in [0.2, 0.25) is 0 Å². The zero-order chi connectivity index (χ0) is 15.9. The van der Waals surface area contributed by atoms with Gasteiger partial charge in [0.05, 0.1) is 6.61 Å². The third kappa shape index (κ3) is 4.82. The quantitative estimate of drug-likeness (QED) is 0.787. The topological polar surface area (TPSA) is 63.2 Å². The fraction of sp³-hybridized carbons (Fsp3) is 0.444. The van der Waals surface area contributed by atoms with Crippen LogP contribution in [0.4, 0.5) is 0 Å². The number of carbonyl (C=O) groups is 1. The van der Waals surface area contributed by atoms with Gasteiger partial charge in [-0.05, 0) is 44.5 Å². The maximum atomic E-state index is 12.0. The molecule has 1 aliphatic rings. The number of pyridine rings is 1. The molecule has 0 bridgehead atoms. The zero-order valence-electron chi connectivity index (χ0n) is 13.7. The number of nitrogens with zero attached hydrogens (tertiary/aromatic N) is 1. The van der Waals surface area contributed by atoms with Gasteiger partial charge in [-0.15, -0.1) is 12.4 Å². The van der Waals surface area contributed by atoms with Crippen LogP contribution < -0.4 is 15.4 Å². The molecule has 0 atom stereocenters. The first-order chi connectivity index (χ1) is 11.3. The number of amides is 1. The molecule has 0 unspecified atom stereocenters. The second kappa shape index (κ2) is 9.45. The number of carbonyl (C=O) groups excluding carboxylic acids is 1. The van der Waals surface area contributed by atoms with Crippen LogP contribution in [-0.4, -0.2) is 37.1 Å². The molecule has 1 aromatic carbocycles. The molecule has 5 nitrogen and oxygen atoms in total. The van der Waals surface area contributed by atoms with E-state index < -0.39 is 0 Å². The van der Waals surface area contributed by atoms with Crippen molar-refractivity contribution in [2.45, 2.75) is 19.3 Å². The molecule has 1 saturated heterocycles. The van der Waals surface area contributed by atoms with E-state index in [9.17, 15) is 4.79 Å². The van der Waals surface area contributed by atoms with Crippen LogP contribution in [0.15, 0.2) is 36.5 Å². The van der Waals surface area contributed by atoms with Gasteiger partial charge in [0, 0.05) is 24.0 Å². The smallest absolute Gasteiger partial charge is 0.223 e. The molecule has 0 aliphatic carbocycles. The minimum absolute atomic E-state index is 0. The van der Waals surface area contributed by atoms with E-state index in [4.69, 9.17) is 4.74 Å². The van der Waals surface area contributed by atoms with Gasteiger partial charge in [0.25, 0.3) is 0 Å². The van der Waals surface area contributed by atoms with Crippen molar-refractivity contribution in [3.8, 4) is 5.75 Å². The Bertz CT molecular complexity index is 654. The van der Waals surface area contributed by atoms with Crippen LogP contribution in [0.3, 0.4) is 0 Å². The summed E-state index contributed by atoms with van der Waals surface area (Å²) in [5.74, 6) is 1.14. The Morgan fingerprint density at radius 2 is 2.04 bits per heavy atom. The number of hydrogen-bond donors (Lipinski definition) is 2. The second-order valence-electron chi connectivity index (χ2n) is 5.85. The van der Waals surface area contributed by atoms with Crippen molar-refractivity contribution in [3.05, 3.63) is 36.5 Å². The molecular formula is C18H24ClN3O2.